The van der Waals surface area contributed by atoms with Crippen LogP contribution >= 0.6 is 11.8 Å². The van der Waals surface area contributed by atoms with Gasteiger partial charge in [0.2, 0.25) is 5.91 Å². The fourth-order valence-electron chi connectivity index (χ4n) is 1.85. The van der Waals surface area contributed by atoms with Crippen molar-refractivity contribution in [3.05, 3.63) is 0 Å². The van der Waals surface area contributed by atoms with Gasteiger partial charge in [0.1, 0.15) is 0 Å². The second-order valence-electron chi connectivity index (χ2n) is 3.83. The third-order valence-electron chi connectivity index (χ3n) is 2.86. The molecule has 4 heteroatoms. The van der Waals surface area contributed by atoms with Gasteiger partial charge in [0.15, 0.2) is 0 Å². The Labute approximate surface area is 90.2 Å². The molecule has 1 amide bonds. The molecule has 0 aromatic rings. The van der Waals surface area contributed by atoms with Gasteiger partial charge >= 0.3 is 0 Å². The third kappa shape index (κ3) is 2.89. The standard InChI is InChI=1S/C10H20N2OS/c1-3-7(11)10(13)12-8-5-4-6-9(8)14-2/h7-9H,3-6,11H2,1-2H3,(H,12,13)/t7-,8?,9?/m0/s1. The Morgan fingerprint density at radius 3 is 2.93 bits per heavy atom. The van der Waals surface area contributed by atoms with Crippen LogP contribution in [0.1, 0.15) is 32.6 Å². The zero-order valence-corrected chi connectivity index (χ0v) is 9.77. The van der Waals surface area contributed by atoms with Crippen molar-refractivity contribution in [1.29, 1.82) is 0 Å². The number of nitrogens with one attached hydrogen (secondary N) is 1. The van der Waals surface area contributed by atoms with Gasteiger partial charge in [0.05, 0.1) is 6.04 Å². The Hall–Kier alpha value is -0.220. The molecule has 14 heavy (non-hydrogen) atoms. The van der Waals surface area contributed by atoms with Crippen molar-refractivity contribution in [3.63, 3.8) is 0 Å². The zero-order chi connectivity index (χ0) is 10.6. The van der Waals surface area contributed by atoms with Crippen LogP contribution in [-0.4, -0.2) is 29.5 Å². The largest absolute Gasteiger partial charge is 0.351 e. The molecule has 0 bridgehead atoms. The molecule has 1 saturated carbocycles. The molecule has 0 saturated heterocycles. The average molecular weight is 216 g/mol. The summed E-state index contributed by atoms with van der Waals surface area (Å²) in [5.74, 6) is 0.0125. The summed E-state index contributed by atoms with van der Waals surface area (Å²) in [4.78, 5) is 11.5. The second-order valence-corrected chi connectivity index (χ2v) is 4.91. The van der Waals surface area contributed by atoms with E-state index in [1.54, 1.807) is 0 Å². The molecule has 1 aliphatic rings. The summed E-state index contributed by atoms with van der Waals surface area (Å²) in [7, 11) is 0. The van der Waals surface area contributed by atoms with Crippen molar-refractivity contribution in [1.82, 2.24) is 5.32 Å². The van der Waals surface area contributed by atoms with E-state index in [4.69, 9.17) is 5.73 Å². The van der Waals surface area contributed by atoms with Crippen molar-refractivity contribution in [2.24, 2.45) is 5.73 Å². The predicted molar refractivity (Wildman–Crippen MR) is 61.4 cm³/mol. The molecule has 0 radical (unpaired) electrons. The summed E-state index contributed by atoms with van der Waals surface area (Å²) in [6, 6.07) is 0.00760. The lowest BCUT2D eigenvalue weighted by atomic mass is 10.2. The van der Waals surface area contributed by atoms with E-state index in [9.17, 15) is 4.79 Å². The average Bonchev–Trinajstić information content (AvgIpc) is 2.63. The van der Waals surface area contributed by atoms with Crippen molar-refractivity contribution < 1.29 is 4.79 Å². The molecule has 3 atom stereocenters. The minimum atomic E-state index is -0.335. The lowest BCUT2D eigenvalue weighted by molar-refractivity contribution is -0.123. The number of rotatable bonds is 4. The zero-order valence-electron chi connectivity index (χ0n) is 8.95. The molecule has 0 heterocycles. The van der Waals surface area contributed by atoms with Crippen LogP contribution < -0.4 is 11.1 Å². The highest BCUT2D eigenvalue weighted by Crippen LogP contribution is 2.28. The van der Waals surface area contributed by atoms with E-state index in [1.807, 2.05) is 18.7 Å². The third-order valence-corrected chi connectivity index (χ3v) is 4.03. The summed E-state index contributed by atoms with van der Waals surface area (Å²) >= 11 is 1.85. The first-order chi connectivity index (χ1) is 6.69. The monoisotopic (exact) mass is 216 g/mol. The lowest BCUT2D eigenvalue weighted by Crippen LogP contribution is -2.47. The van der Waals surface area contributed by atoms with E-state index in [2.05, 4.69) is 11.6 Å². The summed E-state index contributed by atoms with van der Waals surface area (Å²) in [5.41, 5.74) is 5.66. The number of amides is 1. The number of carbonyl (C=O) groups excluding carboxylic acids is 1. The van der Waals surface area contributed by atoms with Gasteiger partial charge in [-0.2, -0.15) is 11.8 Å². The van der Waals surface area contributed by atoms with Crippen LogP contribution in [-0.2, 0) is 4.79 Å². The first-order valence-electron chi connectivity index (χ1n) is 5.27. The van der Waals surface area contributed by atoms with Gasteiger partial charge < -0.3 is 11.1 Å². The number of nitrogens with two attached hydrogens (primary N) is 1. The Morgan fingerprint density at radius 2 is 2.36 bits per heavy atom. The minimum absolute atomic E-state index is 0.0125. The Bertz CT molecular complexity index is 199. The Kier molecular flexibility index (Phi) is 4.75. The van der Waals surface area contributed by atoms with E-state index in [0.717, 1.165) is 6.42 Å². The molecule has 1 rings (SSSR count). The highest BCUT2D eigenvalue weighted by Gasteiger charge is 2.28. The van der Waals surface area contributed by atoms with E-state index in [-0.39, 0.29) is 11.9 Å². The van der Waals surface area contributed by atoms with Crippen molar-refractivity contribution in [2.45, 2.75) is 49.9 Å². The SMILES string of the molecule is CC[C@H](N)C(=O)NC1CCCC1SC. The van der Waals surface area contributed by atoms with Crippen LogP contribution in [0.4, 0.5) is 0 Å². The smallest absolute Gasteiger partial charge is 0.237 e. The van der Waals surface area contributed by atoms with Crippen molar-refractivity contribution in [3.8, 4) is 0 Å². The van der Waals surface area contributed by atoms with E-state index >= 15 is 0 Å². The minimum Gasteiger partial charge on any atom is -0.351 e. The maximum Gasteiger partial charge on any atom is 0.237 e. The topological polar surface area (TPSA) is 55.1 Å². The van der Waals surface area contributed by atoms with Gasteiger partial charge in [-0.1, -0.05) is 13.3 Å². The maximum absolute atomic E-state index is 11.5. The van der Waals surface area contributed by atoms with Crippen LogP contribution in [0, 0.1) is 0 Å². The number of hydrogen-bond acceptors (Lipinski definition) is 3. The predicted octanol–water partition coefficient (Wildman–Crippen LogP) is 1.12. The molecule has 0 aromatic carbocycles. The van der Waals surface area contributed by atoms with Crippen molar-refractivity contribution >= 4 is 17.7 Å². The molecule has 2 unspecified atom stereocenters. The Morgan fingerprint density at radius 1 is 1.64 bits per heavy atom. The molecule has 3 nitrogen and oxygen atoms in total. The summed E-state index contributed by atoms with van der Waals surface area (Å²) in [6.07, 6.45) is 6.36. The summed E-state index contributed by atoms with van der Waals surface area (Å²) in [6.45, 7) is 1.94. The maximum atomic E-state index is 11.5. The van der Waals surface area contributed by atoms with E-state index in [0.29, 0.717) is 17.7 Å². The molecule has 0 spiro atoms. The lowest BCUT2D eigenvalue weighted by Gasteiger charge is -2.20. The normalized spacial score (nSPS) is 28.8. The number of thioether (sulfide) groups is 1. The molecule has 82 valence electrons. The second kappa shape index (κ2) is 5.61. The van der Waals surface area contributed by atoms with Gasteiger partial charge in [-0.05, 0) is 25.5 Å². The van der Waals surface area contributed by atoms with Crippen LogP contribution in [0.5, 0.6) is 0 Å². The molecular formula is C10H20N2OS. The van der Waals surface area contributed by atoms with E-state index in [1.165, 1.54) is 12.8 Å². The molecule has 0 aliphatic heterocycles. The molecule has 3 N–H and O–H groups in total. The first-order valence-corrected chi connectivity index (χ1v) is 6.56. The highest BCUT2D eigenvalue weighted by atomic mass is 32.2. The van der Waals surface area contributed by atoms with Crippen LogP contribution in [0.3, 0.4) is 0 Å². The fourth-order valence-corrected chi connectivity index (χ4v) is 2.78. The van der Waals surface area contributed by atoms with Crippen LogP contribution in [0.25, 0.3) is 0 Å². The molecule has 1 fully saturated rings. The summed E-state index contributed by atoms with van der Waals surface area (Å²) < 4.78 is 0. The van der Waals surface area contributed by atoms with Gasteiger partial charge in [0.25, 0.3) is 0 Å². The van der Waals surface area contributed by atoms with Crippen LogP contribution in [0.2, 0.25) is 0 Å². The molecule has 1 aliphatic carbocycles. The number of hydrogen-bond donors (Lipinski definition) is 2. The van der Waals surface area contributed by atoms with Gasteiger partial charge in [0, 0.05) is 11.3 Å². The summed E-state index contributed by atoms with van der Waals surface area (Å²) in [5, 5.41) is 3.63. The van der Waals surface area contributed by atoms with Gasteiger partial charge in [-0.3, -0.25) is 4.79 Å². The molecule has 0 aromatic heterocycles. The van der Waals surface area contributed by atoms with E-state index < -0.39 is 0 Å². The Balaban J connectivity index is 2.39. The quantitative estimate of drug-likeness (QED) is 0.740. The van der Waals surface area contributed by atoms with Crippen LogP contribution in [0.15, 0.2) is 0 Å². The van der Waals surface area contributed by atoms with Gasteiger partial charge in [-0.15, -0.1) is 0 Å². The highest BCUT2D eigenvalue weighted by molar-refractivity contribution is 7.99. The fraction of sp³-hybridized carbons (Fsp3) is 0.900. The molecular weight excluding hydrogens is 196 g/mol. The van der Waals surface area contributed by atoms with Crippen molar-refractivity contribution in [2.75, 3.05) is 6.26 Å². The number of carbonyl (C=O) groups is 1. The first kappa shape index (κ1) is 11.9. The van der Waals surface area contributed by atoms with Gasteiger partial charge in [-0.25, -0.2) is 0 Å².